The lowest BCUT2D eigenvalue weighted by molar-refractivity contribution is 0.0697. The van der Waals surface area contributed by atoms with Crippen LogP contribution in [-0.2, 0) is 0 Å². The van der Waals surface area contributed by atoms with Crippen LogP contribution < -0.4 is 15.5 Å². The quantitative estimate of drug-likeness (QED) is 0.719. The van der Waals surface area contributed by atoms with E-state index in [0.717, 1.165) is 39.0 Å². The van der Waals surface area contributed by atoms with Gasteiger partial charge in [-0.05, 0) is 18.6 Å². The molecule has 2 aromatic rings. The minimum atomic E-state index is -1.15. The highest BCUT2D eigenvalue weighted by molar-refractivity contribution is 5.99. The maximum atomic E-state index is 11.9. The molecule has 1 aromatic carbocycles. The monoisotopic (exact) mass is 372 g/mol. The van der Waals surface area contributed by atoms with Crippen LogP contribution in [0.2, 0.25) is 0 Å². The van der Waals surface area contributed by atoms with Crippen LogP contribution in [0.4, 0.5) is 16.2 Å². The largest absolute Gasteiger partial charge is 0.477 e. The predicted molar refractivity (Wildman–Crippen MR) is 103 cm³/mol. The highest BCUT2D eigenvalue weighted by atomic mass is 16.4. The maximum Gasteiger partial charge on any atom is 0.341 e. The Hall–Kier alpha value is -3.00. The molecule has 1 aliphatic rings. The van der Waals surface area contributed by atoms with E-state index in [4.69, 9.17) is 9.52 Å². The summed E-state index contributed by atoms with van der Waals surface area (Å²) in [6.07, 6.45) is 2.29. The summed E-state index contributed by atoms with van der Waals surface area (Å²) in [6.45, 7) is 7.12. The van der Waals surface area contributed by atoms with Crippen molar-refractivity contribution in [3.05, 3.63) is 47.9 Å². The van der Waals surface area contributed by atoms with Crippen LogP contribution in [0.1, 0.15) is 15.9 Å². The molecule has 0 atom stereocenters. The number of rotatable bonds is 6. The van der Waals surface area contributed by atoms with E-state index in [1.54, 1.807) is 0 Å². The molecular formula is C19H24N4O4. The zero-order valence-electron chi connectivity index (χ0n) is 15.3. The molecule has 3 rings (SSSR count). The van der Waals surface area contributed by atoms with Gasteiger partial charge in [-0.1, -0.05) is 18.2 Å². The van der Waals surface area contributed by atoms with E-state index in [-0.39, 0.29) is 11.3 Å². The number of para-hydroxylation sites is 1. The Labute approximate surface area is 157 Å². The van der Waals surface area contributed by atoms with E-state index < -0.39 is 12.0 Å². The van der Waals surface area contributed by atoms with Gasteiger partial charge in [-0.25, -0.2) is 9.59 Å². The first-order valence-corrected chi connectivity index (χ1v) is 8.92. The average Bonchev–Trinajstić information content (AvgIpc) is 3.11. The normalized spacial score (nSPS) is 14.8. The van der Waals surface area contributed by atoms with Crippen molar-refractivity contribution in [1.82, 2.24) is 10.2 Å². The third-order valence-electron chi connectivity index (χ3n) is 4.68. The Morgan fingerprint density at radius 1 is 1.15 bits per heavy atom. The number of carboxylic acid groups (broad SMARTS) is 1. The van der Waals surface area contributed by atoms with Gasteiger partial charge >= 0.3 is 12.0 Å². The van der Waals surface area contributed by atoms with Gasteiger partial charge in [0.25, 0.3) is 0 Å². The molecule has 144 valence electrons. The Morgan fingerprint density at radius 2 is 1.89 bits per heavy atom. The Kier molecular flexibility index (Phi) is 5.97. The van der Waals surface area contributed by atoms with Gasteiger partial charge in [0.15, 0.2) is 0 Å². The summed E-state index contributed by atoms with van der Waals surface area (Å²) in [5.41, 5.74) is 2.64. The molecule has 0 spiro atoms. The summed E-state index contributed by atoms with van der Waals surface area (Å²) in [4.78, 5) is 27.6. The van der Waals surface area contributed by atoms with Crippen LogP contribution in [0.15, 0.2) is 41.2 Å². The summed E-state index contributed by atoms with van der Waals surface area (Å²) in [7, 11) is 0. The molecule has 0 radical (unpaired) electrons. The number of carboxylic acids is 1. The first kappa shape index (κ1) is 18.8. The number of anilines is 2. The van der Waals surface area contributed by atoms with Crippen molar-refractivity contribution < 1.29 is 19.1 Å². The highest BCUT2D eigenvalue weighted by Gasteiger charge is 2.18. The molecule has 1 aliphatic heterocycles. The standard InChI is InChI=1S/C19H24N4O4/c1-14-4-2-3-5-17(14)23-10-8-22(9-11-23)7-6-20-19(26)21-16-13-27-12-15(16)18(24)25/h2-5,12-13H,6-11H2,1H3,(H,24,25)(H2,20,21,26). The van der Waals surface area contributed by atoms with Crippen molar-refractivity contribution in [3.8, 4) is 0 Å². The van der Waals surface area contributed by atoms with Crippen LogP contribution in [0, 0.1) is 6.92 Å². The third-order valence-corrected chi connectivity index (χ3v) is 4.68. The van der Waals surface area contributed by atoms with Crippen molar-refractivity contribution in [3.63, 3.8) is 0 Å². The molecule has 1 aromatic heterocycles. The number of urea groups is 1. The van der Waals surface area contributed by atoms with Crippen LogP contribution in [0.5, 0.6) is 0 Å². The molecule has 0 saturated carbocycles. The zero-order chi connectivity index (χ0) is 19.2. The molecule has 0 aliphatic carbocycles. The number of hydrogen-bond donors (Lipinski definition) is 3. The summed E-state index contributed by atoms with van der Waals surface area (Å²) >= 11 is 0. The molecule has 8 nitrogen and oxygen atoms in total. The lowest BCUT2D eigenvalue weighted by atomic mass is 10.1. The van der Waals surface area contributed by atoms with E-state index in [1.807, 2.05) is 0 Å². The fraction of sp³-hybridized carbons (Fsp3) is 0.368. The van der Waals surface area contributed by atoms with Gasteiger partial charge in [0, 0.05) is 45.0 Å². The number of carbonyl (C=O) groups is 2. The van der Waals surface area contributed by atoms with E-state index in [1.165, 1.54) is 17.5 Å². The summed E-state index contributed by atoms with van der Waals surface area (Å²) in [5, 5.41) is 14.2. The van der Waals surface area contributed by atoms with Crippen molar-refractivity contribution in [2.75, 3.05) is 49.5 Å². The van der Waals surface area contributed by atoms with Gasteiger partial charge in [-0.3, -0.25) is 4.90 Å². The predicted octanol–water partition coefficient (Wildman–Crippen LogP) is 2.23. The van der Waals surface area contributed by atoms with E-state index in [2.05, 4.69) is 51.6 Å². The zero-order valence-corrected chi connectivity index (χ0v) is 15.3. The number of piperazine rings is 1. The molecule has 27 heavy (non-hydrogen) atoms. The second-order valence-electron chi connectivity index (χ2n) is 6.50. The molecule has 1 fully saturated rings. The smallest absolute Gasteiger partial charge is 0.341 e. The number of aryl methyl sites for hydroxylation is 1. The molecule has 1 saturated heterocycles. The van der Waals surface area contributed by atoms with Gasteiger partial charge in [-0.2, -0.15) is 0 Å². The number of aromatic carboxylic acids is 1. The molecule has 2 heterocycles. The lowest BCUT2D eigenvalue weighted by Gasteiger charge is -2.36. The first-order valence-electron chi connectivity index (χ1n) is 8.92. The Balaban J connectivity index is 1.39. The number of furan rings is 1. The van der Waals surface area contributed by atoms with Gasteiger partial charge in [0.1, 0.15) is 18.1 Å². The van der Waals surface area contributed by atoms with E-state index in [0.29, 0.717) is 6.54 Å². The molecule has 0 bridgehead atoms. The van der Waals surface area contributed by atoms with Crippen molar-refractivity contribution in [2.45, 2.75) is 6.92 Å². The van der Waals surface area contributed by atoms with Crippen LogP contribution in [0.3, 0.4) is 0 Å². The molecule has 3 N–H and O–H groups in total. The molecular weight excluding hydrogens is 348 g/mol. The van der Waals surface area contributed by atoms with Crippen molar-refractivity contribution >= 4 is 23.4 Å². The minimum Gasteiger partial charge on any atom is -0.477 e. The number of hydrogen-bond acceptors (Lipinski definition) is 5. The SMILES string of the molecule is Cc1ccccc1N1CCN(CCNC(=O)Nc2cocc2C(=O)O)CC1. The number of carbonyl (C=O) groups excluding carboxylic acids is 1. The topological polar surface area (TPSA) is 98.0 Å². The van der Waals surface area contributed by atoms with Gasteiger partial charge < -0.3 is 25.1 Å². The van der Waals surface area contributed by atoms with E-state index >= 15 is 0 Å². The van der Waals surface area contributed by atoms with E-state index in [9.17, 15) is 9.59 Å². The number of nitrogens with one attached hydrogen (secondary N) is 2. The second kappa shape index (κ2) is 8.59. The number of nitrogens with zero attached hydrogens (tertiary/aromatic N) is 2. The third kappa shape index (κ3) is 4.79. The highest BCUT2D eigenvalue weighted by Crippen LogP contribution is 2.20. The van der Waals surface area contributed by atoms with Crippen LogP contribution in [-0.4, -0.2) is 61.3 Å². The van der Waals surface area contributed by atoms with Crippen molar-refractivity contribution in [1.29, 1.82) is 0 Å². The van der Waals surface area contributed by atoms with Gasteiger partial charge in [0.2, 0.25) is 0 Å². The first-order chi connectivity index (χ1) is 13.0. The summed E-state index contributed by atoms with van der Waals surface area (Å²) in [5.74, 6) is -1.15. The Bertz CT molecular complexity index is 797. The van der Waals surface area contributed by atoms with Crippen molar-refractivity contribution in [2.24, 2.45) is 0 Å². The number of amides is 2. The number of benzene rings is 1. The van der Waals surface area contributed by atoms with Crippen LogP contribution in [0.25, 0.3) is 0 Å². The minimum absolute atomic E-state index is 0.0718. The summed E-state index contributed by atoms with van der Waals surface area (Å²) in [6, 6.07) is 7.94. The molecule has 8 heteroatoms. The maximum absolute atomic E-state index is 11.9. The van der Waals surface area contributed by atoms with Crippen LogP contribution >= 0.6 is 0 Å². The molecule has 0 unspecified atom stereocenters. The fourth-order valence-corrected chi connectivity index (χ4v) is 3.18. The fourth-order valence-electron chi connectivity index (χ4n) is 3.18. The van der Waals surface area contributed by atoms with Gasteiger partial charge in [0.05, 0.1) is 5.69 Å². The average molecular weight is 372 g/mol. The van der Waals surface area contributed by atoms with Gasteiger partial charge in [-0.15, -0.1) is 0 Å². The lowest BCUT2D eigenvalue weighted by Crippen LogP contribution is -2.48. The Morgan fingerprint density at radius 3 is 2.59 bits per heavy atom. The second-order valence-corrected chi connectivity index (χ2v) is 6.50. The molecule has 2 amide bonds. The summed E-state index contributed by atoms with van der Waals surface area (Å²) < 4.78 is 4.83.